The van der Waals surface area contributed by atoms with Crippen LogP contribution in [0.3, 0.4) is 0 Å². The van der Waals surface area contributed by atoms with E-state index in [-0.39, 0.29) is 35.5 Å². The molecular weight excluding hydrogens is 479 g/mol. The number of sulfonamides is 1. The second kappa shape index (κ2) is 10.5. The van der Waals surface area contributed by atoms with E-state index < -0.39 is 33.5 Å². The number of nitrogens with one attached hydrogen (secondary N) is 1. The molecule has 8 nitrogen and oxygen atoms in total. The monoisotopic (exact) mass is 506 g/mol. The average Bonchev–Trinajstić information content (AvgIpc) is 2.73. The van der Waals surface area contributed by atoms with Gasteiger partial charge in [0.05, 0.1) is 4.90 Å². The van der Waals surface area contributed by atoms with Gasteiger partial charge < -0.3 is 10.5 Å². The number of nitrogens with zero attached hydrogens (tertiary/aromatic N) is 2. The molecule has 0 saturated heterocycles. The van der Waals surface area contributed by atoms with Crippen LogP contribution in [-0.4, -0.2) is 36.0 Å². The molecule has 11 heteroatoms. The van der Waals surface area contributed by atoms with Gasteiger partial charge in [-0.15, -0.1) is 0 Å². The standard InChI is InChI=1S/C23H25FN4O4S.H2S/c1-14(21(29)32-23(2,3)4)28-33(30,31)20-8-6-5-7-18(20)15-9-10-17(19(24)11-15)16-12-26-22(25)27-13-16;/h5-14,28H,1-4H3,(H2,25,26,27);1H2/t14-;/m0./s1. The molecule has 1 aromatic heterocycles. The topological polar surface area (TPSA) is 124 Å². The zero-order valence-corrected chi connectivity index (χ0v) is 21.0. The van der Waals surface area contributed by atoms with Gasteiger partial charge in [0.2, 0.25) is 16.0 Å². The third-order valence-corrected chi connectivity index (χ3v) is 6.13. The minimum Gasteiger partial charge on any atom is -0.459 e. The van der Waals surface area contributed by atoms with Gasteiger partial charge in [-0.3, -0.25) is 4.79 Å². The number of rotatable bonds is 6. The van der Waals surface area contributed by atoms with Crippen LogP contribution in [-0.2, 0) is 19.6 Å². The molecule has 0 radical (unpaired) electrons. The van der Waals surface area contributed by atoms with Gasteiger partial charge in [-0.2, -0.15) is 18.2 Å². The molecule has 1 atom stereocenters. The van der Waals surface area contributed by atoms with Crippen molar-refractivity contribution in [2.45, 2.75) is 44.2 Å². The Labute approximate surface area is 205 Å². The van der Waals surface area contributed by atoms with Gasteiger partial charge in [-0.05, 0) is 45.4 Å². The summed E-state index contributed by atoms with van der Waals surface area (Å²) < 4.78 is 48.6. The number of esters is 1. The lowest BCUT2D eigenvalue weighted by Crippen LogP contribution is -2.42. The van der Waals surface area contributed by atoms with Crippen LogP contribution < -0.4 is 10.5 Å². The lowest BCUT2D eigenvalue weighted by molar-refractivity contribution is -0.156. The summed E-state index contributed by atoms with van der Waals surface area (Å²) in [7, 11) is -4.13. The highest BCUT2D eigenvalue weighted by molar-refractivity contribution is 7.89. The predicted octanol–water partition coefficient (Wildman–Crippen LogP) is 3.65. The van der Waals surface area contributed by atoms with Crippen molar-refractivity contribution in [2.24, 2.45) is 0 Å². The quantitative estimate of drug-likeness (QED) is 0.489. The van der Waals surface area contributed by atoms with Crippen molar-refractivity contribution in [3.8, 4) is 22.3 Å². The number of aromatic nitrogens is 2. The van der Waals surface area contributed by atoms with Crippen molar-refractivity contribution in [1.29, 1.82) is 0 Å². The van der Waals surface area contributed by atoms with Crippen LogP contribution in [0.4, 0.5) is 10.3 Å². The first-order chi connectivity index (χ1) is 15.4. The van der Waals surface area contributed by atoms with Gasteiger partial charge in [-0.1, -0.05) is 30.3 Å². The van der Waals surface area contributed by atoms with E-state index in [1.54, 1.807) is 45.0 Å². The molecule has 0 fully saturated rings. The molecule has 1 heterocycles. The van der Waals surface area contributed by atoms with Crippen LogP contribution in [0.2, 0.25) is 0 Å². The highest BCUT2D eigenvalue weighted by Gasteiger charge is 2.28. The highest BCUT2D eigenvalue weighted by Crippen LogP contribution is 2.31. The number of anilines is 1. The molecule has 3 rings (SSSR count). The van der Waals surface area contributed by atoms with Crippen LogP contribution in [0, 0.1) is 5.82 Å². The summed E-state index contributed by atoms with van der Waals surface area (Å²) in [4.78, 5) is 19.9. The number of ether oxygens (including phenoxy) is 1. The molecule has 0 aliphatic rings. The molecule has 3 N–H and O–H groups in total. The smallest absolute Gasteiger partial charge is 0.324 e. The predicted molar refractivity (Wildman–Crippen MR) is 133 cm³/mol. The first-order valence-corrected chi connectivity index (χ1v) is 11.6. The normalized spacial score (nSPS) is 12.5. The average molecular weight is 507 g/mol. The van der Waals surface area contributed by atoms with E-state index in [4.69, 9.17) is 10.5 Å². The second-order valence-electron chi connectivity index (χ2n) is 8.40. The van der Waals surface area contributed by atoms with E-state index in [2.05, 4.69) is 14.7 Å². The number of nitrogen functional groups attached to an aromatic ring is 1. The molecule has 0 unspecified atom stereocenters. The van der Waals surface area contributed by atoms with E-state index in [0.29, 0.717) is 11.1 Å². The molecule has 0 bridgehead atoms. The lowest BCUT2D eigenvalue weighted by Gasteiger charge is -2.23. The molecule has 0 amide bonds. The minimum absolute atomic E-state index is 0. The summed E-state index contributed by atoms with van der Waals surface area (Å²) in [5, 5.41) is 0. The van der Waals surface area contributed by atoms with E-state index in [1.165, 1.54) is 37.5 Å². The SMILES string of the molecule is C[C@H](NS(=O)(=O)c1ccccc1-c1ccc(-c2cnc(N)nc2)c(F)c1)C(=O)OC(C)(C)C.S. The molecule has 2 aromatic carbocycles. The molecule has 3 aromatic rings. The fourth-order valence-corrected chi connectivity index (χ4v) is 4.49. The van der Waals surface area contributed by atoms with Gasteiger partial charge in [0.15, 0.2) is 0 Å². The summed E-state index contributed by atoms with van der Waals surface area (Å²) in [5.74, 6) is -1.21. The Morgan fingerprint density at radius 1 is 1.06 bits per heavy atom. The molecule has 34 heavy (non-hydrogen) atoms. The number of halogens is 1. The zero-order valence-electron chi connectivity index (χ0n) is 19.2. The van der Waals surface area contributed by atoms with Crippen molar-refractivity contribution in [3.05, 3.63) is 60.7 Å². The maximum Gasteiger partial charge on any atom is 0.324 e. The van der Waals surface area contributed by atoms with Crippen LogP contribution in [0.15, 0.2) is 59.8 Å². The molecule has 0 aliphatic carbocycles. The Kier molecular flexibility index (Phi) is 8.40. The van der Waals surface area contributed by atoms with Gasteiger partial charge in [0, 0.05) is 29.1 Å². The Morgan fingerprint density at radius 3 is 2.26 bits per heavy atom. The number of carbonyl (C=O) groups excluding carboxylic acids is 1. The van der Waals surface area contributed by atoms with Crippen LogP contribution >= 0.6 is 13.5 Å². The van der Waals surface area contributed by atoms with E-state index >= 15 is 0 Å². The Morgan fingerprint density at radius 2 is 1.68 bits per heavy atom. The van der Waals surface area contributed by atoms with E-state index in [0.717, 1.165) is 0 Å². The van der Waals surface area contributed by atoms with Crippen molar-refractivity contribution in [2.75, 3.05) is 5.73 Å². The number of benzene rings is 2. The summed E-state index contributed by atoms with van der Waals surface area (Å²) in [6.45, 7) is 6.47. The molecule has 0 aliphatic heterocycles. The van der Waals surface area contributed by atoms with Crippen LogP contribution in [0.5, 0.6) is 0 Å². The van der Waals surface area contributed by atoms with Gasteiger partial charge >= 0.3 is 5.97 Å². The van der Waals surface area contributed by atoms with Crippen molar-refractivity contribution >= 4 is 35.4 Å². The first-order valence-electron chi connectivity index (χ1n) is 10.1. The van der Waals surface area contributed by atoms with Crippen molar-refractivity contribution < 1.29 is 22.3 Å². The summed E-state index contributed by atoms with van der Waals surface area (Å²) >= 11 is 0. The van der Waals surface area contributed by atoms with Crippen molar-refractivity contribution in [3.63, 3.8) is 0 Å². The molecule has 182 valence electrons. The van der Waals surface area contributed by atoms with E-state index in [1.807, 2.05) is 0 Å². The Balaban J connectivity index is 0.00000408. The zero-order chi connectivity index (χ0) is 24.4. The van der Waals surface area contributed by atoms with Crippen LogP contribution in [0.1, 0.15) is 27.7 Å². The first kappa shape index (κ1) is 27.2. The fraction of sp³-hybridized carbons (Fsp3) is 0.261. The Hall–Kier alpha value is -3.02. The maximum absolute atomic E-state index is 14.9. The van der Waals surface area contributed by atoms with Gasteiger partial charge in [0.25, 0.3) is 0 Å². The third-order valence-electron chi connectivity index (χ3n) is 4.53. The highest BCUT2D eigenvalue weighted by atomic mass is 32.2. The number of nitrogens with two attached hydrogens (primary N) is 1. The third kappa shape index (κ3) is 6.52. The lowest BCUT2D eigenvalue weighted by atomic mass is 10.0. The summed E-state index contributed by atoms with van der Waals surface area (Å²) in [6.07, 6.45) is 2.81. The number of carbonyl (C=O) groups is 1. The maximum atomic E-state index is 14.9. The molecular formula is C23H27FN4O4S2. The largest absolute Gasteiger partial charge is 0.459 e. The van der Waals surface area contributed by atoms with Gasteiger partial charge in [-0.25, -0.2) is 22.8 Å². The van der Waals surface area contributed by atoms with Crippen molar-refractivity contribution in [1.82, 2.24) is 14.7 Å². The van der Waals surface area contributed by atoms with Gasteiger partial charge in [0.1, 0.15) is 17.5 Å². The minimum atomic E-state index is -4.13. The van der Waals surface area contributed by atoms with E-state index in [9.17, 15) is 17.6 Å². The molecule has 0 saturated carbocycles. The second-order valence-corrected chi connectivity index (χ2v) is 10.1. The number of hydrogen-bond donors (Lipinski definition) is 2. The fourth-order valence-electron chi connectivity index (χ4n) is 3.07. The molecule has 0 spiro atoms. The summed E-state index contributed by atoms with van der Waals surface area (Å²) in [6, 6.07) is 9.37. The number of hydrogen-bond acceptors (Lipinski definition) is 7. The van der Waals surface area contributed by atoms with Crippen LogP contribution in [0.25, 0.3) is 22.3 Å². The summed E-state index contributed by atoms with van der Waals surface area (Å²) in [5.41, 5.74) is 6.02. The Bertz CT molecular complexity index is 1280.